The highest BCUT2D eigenvalue weighted by Gasteiger charge is 2.26. The molecule has 0 aromatic heterocycles. The van der Waals surface area contributed by atoms with Gasteiger partial charge in [0.15, 0.2) is 0 Å². The first-order chi connectivity index (χ1) is 7.89. The number of hydrogen-bond acceptors (Lipinski definition) is 2. The smallest absolute Gasteiger partial charge is 0.0727 e. The molecule has 0 radical (unpaired) electrons. The molecule has 0 aromatic rings. The Bertz CT molecular complexity index is 245. The van der Waals surface area contributed by atoms with Gasteiger partial charge in [-0.1, -0.05) is 33.0 Å². The minimum Gasteiger partial charge on any atom is -0.393 e. The summed E-state index contributed by atoms with van der Waals surface area (Å²) in [4.78, 5) is 3.25. The van der Waals surface area contributed by atoms with Crippen LogP contribution in [-0.4, -0.2) is 29.5 Å². The summed E-state index contributed by atoms with van der Waals surface area (Å²) in [5.74, 6) is 0.878. The maximum atomic E-state index is 5.53. The molecule has 0 aromatic carbocycles. The van der Waals surface area contributed by atoms with E-state index in [1.165, 1.54) is 32.4 Å². The molecule has 0 aliphatic carbocycles. The minimum absolute atomic E-state index is 0.467. The number of rotatable bonds is 4. The van der Waals surface area contributed by atoms with Crippen LogP contribution in [0.4, 0.5) is 0 Å². The van der Waals surface area contributed by atoms with Crippen molar-refractivity contribution in [3.05, 3.63) is 0 Å². The summed E-state index contributed by atoms with van der Waals surface area (Å²) in [5.41, 5.74) is 6.00. The molecule has 1 fully saturated rings. The zero-order chi connectivity index (χ0) is 12.9. The average Bonchev–Trinajstić information content (AvgIpc) is 2.41. The molecule has 1 rings (SSSR count). The van der Waals surface area contributed by atoms with Gasteiger partial charge in [-0.05, 0) is 63.1 Å². The Morgan fingerprint density at radius 1 is 1.29 bits per heavy atom. The summed E-state index contributed by atoms with van der Waals surface area (Å²) in [7, 11) is 0. The Morgan fingerprint density at radius 3 is 2.59 bits per heavy atom. The van der Waals surface area contributed by atoms with Crippen molar-refractivity contribution in [1.82, 2.24) is 4.90 Å². The maximum Gasteiger partial charge on any atom is 0.0727 e. The third kappa shape index (κ3) is 5.82. The Hall–Kier alpha value is -0.150. The molecular formula is C14H28N2S. The second-order valence-electron chi connectivity index (χ2n) is 6.41. The Balaban J connectivity index is 2.30. The number of hydrogen-bond donors (Lipinski definition) is 1. The zero-order valence-electron chi connectivity index (χ0n) is 11.7. The van der Waals surface area contributed by atoms with Crippen molar-refractivity contribution < 1.29 is 0 Å². The first kappa shape index (κ1) is 14.9. The van der Waals surface area contributed by atoms with Crippen molar-refractivity contribution in [3.63, 3.8) is 0 Å². The van der Waals surface area contributed by atoms with E-state index in [9.17, 15) is 0 Å². The van der Waals surface area contributed by atoms with Gasteiger partial charge in [0.2, 0.25) is 0 Å². The van der Waals surface area contributed by atoms with E-state index in [2.05, 4.69) is 25.7 Å². The Kier molecular flexibility index (Phi) is 5.87. The zero-order valence-corrected chi connectivity index (χ0v) is 12.5. The molecule has 1 aliphatic rings. The van der Waals surface area contributed by atoms with Crippen molar-refractivity contribution >= 4 is 17.2 Å². The Morgan fingerprint density at radius 2 is 2.00 bits per heavy atom. The van der Waals surface area contributed by atoms with Gasteiger partial charge in [-0.15, -0.1) is 0 Å². The molecule has 0 spiro atoms. The maximum absolute atomic E-state index is 5.53. The Labute approximate surface area is 112 Å². The summed E-state index contributed by atoms with van der Waals surface area (Å²) < 4.78 is 0. The summed E-state index contributed by atoms with van der Waals surface area (Å²) in [6.07, 6.45) is 6.09. The highest BCUT2D eigenvalue weighted by atomic mass is 32.1. The van der Waals surface area contributed by atoms with Crippen molar-refractivity contribution in [1.29, 1.82) is 0 Å². The SMILES string of the molecule is CC(C)(C)C1CCCN(CCCC(N)=S)CC1. The fraction of sp³-hybridized carbons (Fsp3) is 0.929. The van der Waals surface area contributed by atoms with E-state index in [4.69, 9.17) is 18.0 Å². The second-order valence-corrected chi connectivity index (χ2v) is 6.93. The number of likely N-dealkylation sites (tertiary alicyclic amines) is 1. The van der Waals surface area contributed by atoms with E-state index in [1.54, 1.807) is 0 Å². The van der Waals surface area contributed by atoms with Gasteiger partial charge in [-0.3, -0.25) is 0 Å². The van der Waals surface area contributed by atoms with Gasteiger partial charge >= 0.3 is 0 Å². The van der Waals surface area contributed by atoms with Crippen molar-refractivity contribution in [3.8, 4) is 0 Å². The monoisotopic (exact) mass is 256 g/mol. The number of nitrogens with zero attached hydrogens (tertiary/aromatic N) is 1. The molecule has 1 heterocycles. The number of thiocarbonyl (C=S) groups is 1. The largest absolute Gasteiger partial charge is 0.393 e. The molecule has 1 atom stereocenters. The highest BCUT2D eigenvalue weighted by molar-refractivity contribution is 7.80. The lowest BCUT2D eigenvalue weighted by atomic mass is 9.77. The van der Waals surface area contributed by atoms with Gasteiger partial charge in [0.1, 0.15) is 0 Å². The predicted molar refractivity (Wildman–Crippen MR) is 79.3 cm³/mol. The fourth-order valence-corrected chi connectivity index (χ4v) is 2.87. The van der Waals surface area contributed by atoms with Gasteiger partial charge in [-0.2, -0.15) is 0 Å². The summed E-state index contributed by atoms with van der Waals surface area (Å²) >= 11 is 4.92. The summed E-state index contributed by atoms with van der Waals surface area (Å²) in [6.45, 7) is 10.8. The van der Waals surface area contributed by atoms with Crippen LogP contribution in [-0.2, 0) is 0 Å². The van der Waals surface area contributed by atoms with Gasteiger partial charge in [-0.25, -0.2) is 0 Å². The fourth-order valence-electron chi connectivity index (χ4n) is 2.72. The van der Waals surface area contributed by atoms with Crippen LogP contribution < -0.4 is 5.73 Å². The molecule has 17 heavy (non-hydrogen) atoms. The molecular weight excluding hydrogens is 228 g/mol. The number of nitrogens with two attached hydrogens (primary N) is 1. The van der Waals surface area contributed by atoms with Crippen molar-refractivity contribution in [2.24, 2.45) is 17.1 Å². The molecule has 2 N–H and O–H groups in total. The van der Waals surface area contributed by atoms with Gasteiger partial charge < -0.3 is 10.6 Å². The summed E-state index contributed by atoms with van der Waals surface area (Å²) in [5, 5.41) is 0. The molecule has 1 saturated heterocycles. The third-order valence-corrected chi connectivity index (χ3v) is 4.15. The molecule has 3 heteroatoms. The van der Waals surface area contributed by atoms with Crippen LogP contribution in [0.1, 0.15) is 52.9 Å². The molecule has 0 bridgehead atoms. The van der Waals surface area contributed by atoms with E-state index in [0.29, 0.717) is 10.4 Å². The molecule has 0 saturated carbocycles. The second kappa shape index (κ2) is 6.69. The first-order valence-electron chi connectivity index (χ1n) is 6.90. The lowest BCUT2D eigenvalue weighted by Crippen LogP contribution is -2.28. The first-order valence-corrected chi connectivity index (χ1v) is 7.31. The van der Waals surface area contributed by atoms with E-state index in [0.717, 1.165) is 25.3 Å². The lowest BCUT2D eigenvalue weighted by Gasteiger charge is -2.29. The quantitative estimate of drug-likeness (QED) is 0.783. The van der Waals surface area contributed by atoms with Crippen LogP contribution in [0.15, 0.2) is 0 Å². The molecule has 2 nitrogen and oxygen atoms in total. The van der Waals surface area contributed by atoms with E-state index in [-0.39, 0.29) is 0 Å². The molecule has 1 unspecified atom stereocenters. The normalized spacial score (nSPS) is 23.4. The van der Waals surface area contributed by atoms with Crippen LogP contribution in [0.5, 0.6) is 0 Å². The van der Waals surface area contributed by atoms with Crippen LogP contribution in [0.25, 0.3) is 0 Å². The lowest BCUT2D eigenvalue weighted by molar-refractivity contribution is 0.208. The van der Waals surface area contributed by atoms with Crippen molar-refractivity contribution in [2.75, 3.05) is 19.6 Å². The minimum atomic E-state index is 0.467. The van der Waals surface area contributed by atoms with Crippen molar-refractivity contribution in [2.45, 2.75) is 52.9 Å². The van der Waals surface area contributed by atoms with E-state index >= 15 is 0 Å². The van der Waals surface area contributed by atoms with Gasteiger partial charge in [0, 0.05) is 0 Å². The molecule has 0 amide bonds. The van der Waals surface area contributed by atoms with Crippen LogP contribution in [0.2, 0.25) is 0 Å². The van der Waals surface area contributed by atoms with E-state index < -0.39 is 0 Å². The standard InChI is InChI=1S/C14H28N2S/c1-14(2,3)12-6-4-9-16(11-8-12)10-5-7-13(15)17/h12H,4-11H2,1-3H3,(H2,15,17). The van der Waals surface area contributed by atoms with Gasteiger partial charge in [0.05, 0.1) is 4.99 Å². The average molecular weight is 256 g/mol. The molecule has 100 valence electrons. The van der Waals surface area contributed by atoms with Gasteiger partial charge in [0.25, 0.3) is 0 Å². The highest BCUT2D eigenvalue weighted by Crippen LogP contribution is 2.34. The van der Waals surface area contributed by atoms with Crippen LogP contribution in [0.3, 0.4) is 0 Å². The predicted octanol–water partition coefficient (Wildman–Crippen LogP) is 3.20. The topological polar surface area (TPSA) is 29.3 Å². The van der Waals surface area contributed by atoms with Crippen LogP contribution >= 0.6 is 12.2 Å². The van der Waals surface area contributed by atoms with Crippen LogP contribution in [0, 0.1) is 11.3 Å². The third-order valence-electron chi connectivity index (χ3n) is 3.94. The van der Waals surface area contributed by atoms with E-state index in [1.807, 2.05) is 0 Å². The molecule has 1 aliphatic heterocycles. The summed E-state index contributed by atoms with van der Waals surface area (Å²) in [6, 6.07) is 0.